The number of ether oxygens (including phenoxy) is 2. The van der Waals surface area contributed by atoms with Crippen molar-refractivity contribution in [3.63, 3.8) is 0 Å². The van der Waals surface area contributed by atoms with E-state index in [0.29, 0.717) is 0 Å². The van der Waals surface area contributed by atoms with Gasteiger partial charge in [-0.15, -0.1) is 11.3 Å². The van der Waals surface area contributed by atoms with E-state index in [1.165, 1.54) is 27.8 Å². The number of para-hydroxylation sites is 2. The van der Waals surface area contributed by atoms with Gasteiger partial charge in [-0.1, -0.05) is 255 Å². The minimum absolute atomic E-state index is 0.596. The van der Waals surface area contributed by atoms with Gasteiger partial charge in [-0.25, -0.2) is 9.97 Å². The molecule has 0 spiro atoms. The summed E-state index contributed by atoms with van der Waals surface area (Å²) < 4.78 is 15.9. The Kier molecular flexibility index (Phi) is 11.8. The SMILES string of the molecule is c1ccc(-c2ccc(C34c5cc(-c6ccc7c(c6)sc6nc(-c8cccc9ccccc89)c(-c8cc9c%10c(c8)-c8ccccc8C%10(c8ccccc8)c8ccccc8O9)nc67)ccc5-c5cc(-c6cc7cccnc7c7ncccc67)cc(c53)Oc3c(-c5ccccc5)cccc34)cc2)cc1. The quantitative estimate of drug-likeness (QED) is 0.141. The maximum absolute atomic E-state index is 7.61. The zero-order chi connectivity index (χ0) is 66.1. The lowest BCUT2D eigenvalue weighted by Gasteiger charge is -2.40. The monoisotopic (exact) mass is 1300 g/mol. The van der Waals surface area contributed by atoms with Crippen LogP contribution < -0.4 is 9.47 Å². The number of rotatable bonds is 8. The van der Waals surface area contributed by atoms with Gasteiger partial charge >= 0.3 is 0 Å². The summed E-state index contributed by atoms with van der Waals surface area (Å²) in [6.45, 7) is 0. The lowest BCUT2D eigenvalue weighted by atomic mass is 9.65. The number of hydrogen-bond donors (Lipinski definition) is 0. The minimum Gasteiger partial charge on any atom is -0.457 e. The zero-order valence-electron chi connectivity index (χ0n) is 54.2. The Balaban J connectivity index is 0.762. The smallest absolute Gasteiger partial charge is 0.143 e. The molecular weight excluding hydrogens is 1250 g/mol. The van der Waals surface area contributed by atoms with Gasteiger partial charge in [0.05, 0.1) is 33.3 Å². The van der Waals surface area contributed by atoms with E-state index in [9.17, 15) is 0 Å². The van der Waals surface area contributed by atoms with E-state index in [2.05, 4.69) is 303 Å². The van der Waals surface area contributed by atoms with Gasteiger partial charge in [0.1, 0.15) is 33.3 Å². The minimum atomic E-state index is -0.821. The van der Waals surface area contributed by atoms with E-state index in [-0.39, 0.29) is 0 Å². The Morgan fingerprint density at radius 2 is 0.861 bits per heavy atom. The van der Waals surface area contributed by atoms with Crippen molar-refractivity contribution >= 4 is 64.3 Å². The summed E-state index contributed by atoms with van der Waals surface area (Å²) in [5, 5.41) is 5.36. The van der Waals surface area contributed by atoms with Crippen LogP contribution in [0, 0.1) is 0 Å². The van der Waals surface area contributed by atoms with Crippen LogP contribution in [0.25, 0.3) is 142 Å². The third-order valence-electron chi connectivity index (χ3n) is 21.9. The first-order valence-corrected chi connectivity index (χ1v) is 35.2. The predicted molar refractivity (Wildman–Crippen MR) is 410 cm³/mol. The molecule has 14 aromatic carbocycles. The van der Waals surface area contributed by atoms with E-state index >= 15 is 0 Å². The van der Waals surface area contributed by atoms with Crippen LogP contribution in [0.2, 0.25) is 0 Å². The predicted octanol–water partition coefficient (Wildman–Crippen LogP) is 24.0. The zero-order valence-corrected chi connectivity index (χ0v) is 55.0. The maximum Gasteiger partial charge on any atom is 0.143 e. The van der Waals surface area contributed by atoms with Gasteiger partial charge in [0.2, 0.25) is 0 Å². The summed E-state index contributed by atoms with van der Waals surface area (Å²) in [5.41, 5.74) is 27.4. The molecule has 6 nitrogen and oxygen atoms in total. The van der Waals surface area contributed by atoms with E-state index in [1.807, 2.05) is 24.5 Å². The Morgan fingerprint density at radius 1 is 0.277 bits per heavy atom. The highest BCUT2D eigenvalue weighted by Crippen LogP contribution is 2.67. The van der Waals surface area contributed by atoms with Crippen LogP contribution in [0.1, 0.15) is 44.5 Å². The first-order chi connectivity index (χ1) is 50.0. The van der Waals surface area contributed by atoms with Gasteiger partial charge in [-0.05, 0) is 155 Å². The van der Waals surface area contributed by atoms with Gasteiger partial charge in [0.25, 0.3) is 0 Å². The highest BCUT2D eigenvalue weighted by atomic mass is 32.1. The third-order valence-corrected chi connectivity index (χ3v) is 22.9. The van der Waals surface area contributed by atoms with Gasteiger partial charge in [0, 0.05) is 72.2 Å². The normalized spacial score (nSPS) is 15.6. The van der Waals surface area contributed by atoms with Gasteiger partial charge in [0.15, 0.2) is 0 Å². The van der Waals surface area contributed by atoms with Crippen LogP contribution in [0.3, 0.4) is 0 Å². The molecule has 2 aliphatic heterocycles. The van der Waals surface area contributed by atoms with Crippen molar-refractivity contribution in [2.24, 2.45) is 0 Å². The molecule has 468 valence electrons. The first kappa shape index (κ1) is 56.1. The Hall–Kier alpha value is -12.9. The molecule has 0 saturated carbocycles. The van der Waals surface area contributed by atoms with Crippen LogP contribution >= 0.6 is 11.3 Å². The molecule has 0 fully saturated rings. The van der Waals surface area contributed by atoms with Gasteiger partial charge in [-0.2, -0.15) is 0 Å². The first-order valence-electron chi connectivity index (χ1n) is 34.4. The molecule has 2 aliphatic carbocycles. The average molecular weight is 1300 g/mol. The second-order valence-electron chi connectivity index (χ2n) is 27.0. The summed E-state index contributed by atoms with van der Waals surface area (Å²) in [6, 6.07) is 115. The highest BCUT2D eigenvalue weighted by molar-refractivity contribution is 7.25. The van der Waals surface area contributed by atoms with Gasteiger partial charge in [-0.3, -0.25) is 9.97 Å². The second kappa shape index (κ2) is 21.3. The van der Waals surface area contributed by atoms with E-state index in [1.54, 1.807) is 11.3 Å². The fraction of sp³-hybridized carbons (Fsp3) is 0.0213. The van der Waals surface area contributed by atoms with Crippen molar-refractivity contribution < 1.29 is 9.47 Å². The Bertz CT molecular complexity index is 6580. The molecule has 0 N–H and O–H groups in total. The highest BCUT2D eigenvalue weighted by Gasteiger charge is 2.54. The number of pyridine rings is 2. The standard InChI is InChI=1S/C94H54N4O2S/c1-4-20-55(21-5-1)56-38-42-65(43-39-56)94-78-36-17-31-67(58-22-6-2-7-23-58)91(78)100-82-52-62(73-48-61-26-18-46-95-86(61)88-71(73)33-19-47-96-88)49-74(85(82)94)69-44-40-59(51-79(69)94)60-41-45-72-83(54-60)101-92-90(72)97-87(89(98-92)70-32-16-25-57-24-10-11-29-66(57)70)63-50-75-68-30-12-13-34-76(68)93(64-27-8-3-9-28-64)77-35-14-15-37-80(77)99-81(53-63)84(75)93/h1-54H. The van der Waals surface area contributed by atoms with E-state index in [4.69, 9.17) is 29.4 Å². The largest absolute Gasteiger partial charge is 0.457 e. The molecule has 2 atom stereocenters. The molecule has 4 aliphatic rings. The van der Waals surface area contributed by atoms with Crippen molar-refractivity contribution in [1.82, 2.24) is 19.9 Å². The van der Waals surface area contributed by atoms with Crippen molar-refractivity contribution in [2.45, 2.75) is 10.8 Å². The fourth-order valence-corrected chi connectivity index (χ4v) is 18.7. The Labute approximate surface area is 585 Å². The van der Waals surface area contributed by atoms with Crippen molar-refractivity contribution in [2.75, 3.05) is 0 Å². The number of nitrogens with zero attached hydrogens (tertiary/aromatic N) is 4. The fourth-order valence-electron chi connectivity index (χ4n) is 17.6. The topological polar surface area (TPSA) is 70.0 Å². The van der Waals surface area contributed by atoms with Crippen LogP contribution in [0.15, 0.2) is 328 Å². The van der Waals surface area contributed by atoms with Crippen LogP contribution in [0.5, 0.6) is 23.0 Å². The summed E-state index contributed by atoms with van der Waals surface area (Å²) in [4.78, 5) is 22.4. The average Bonchev–Trinajstić information content (AvgIpc) is 1.54. The third kappa shape index (κ3) is 7.92. The molecule has 2 unspecified atom stereocenters. The number of aromatic nitrogens is 4. The van der Waals surface area contributed by atoms with Crippen molar-refractivity contribution in [3.05, 3.63) is 372 Å². The number of hydrogen-bond acceptors (Lipinski definition) is 7. The van der Waals surface area contributed by atoms with E-state index in [0.717, 1.165) is 182 Å². The molecule has 0 bridgehead atoms. The second-order valence-corrected chi connectivity index (χ2v) is 28.0. The Morgan fingerprint density at radius 3 is 1.71 bits per heavy atom. The lowest BCUT2D eigenvalue weighted by Crippen LogP contribution is -2.32. The van der Waals surface area contributed by atoms with Crippen molar-refractivity contribution in [3.8, 4) is 112 Å². The molecule has 7 heteroatoms. The molecule has 0 saturated heterocycles. The van der Waals surface area contributed by atoms with E-state index < -0.39 is 10.8 Å². The summed E-state index contributed by atoms with van der Waals surface area (Å²) in [7, 11) is 0. The molecular formula is C94H54N4O2S. The molecule has 18 aromatic rings. The molecule has 0 amide bonds. The molecule has 101 heavy (non-hydrogen) atoms. The van der Waals surface area contributed by atoms with Crippen LogP contribution in [0.4, 0.5) is 0 Å². The number of thiophene rings is 1. The molecule has 0 radical (unpaired) electrons. The summed E-state index contributed by atoms with van der Waals surface area (Å²) >= 11 is 1.70. The molecule has 4 aromatic heterocycles. The maximum atomic E-state index is 7.61. The number of fused-ring (bicyclic) bond motifs is 17. The van der Waals surface area contributed by atoms with Crippen LogP contribution in [-0.2, 0) is 10.8 Å². The summed E-state index contributed by atoms with van der Waals surface area (Å²) in [6.07, 6.45) is 3.72. The number of benzene rings is 14. The molecule has 22 rings (SSSR count). The summed E-state index contributed by atoms with van der Waals surface area (Å²) in [5.74, 6) is 3.31. The lowest BCUT2D eigenvalue weighted by molar-refractivity contribution is 0.438. The van der Waals surface area contributed by atoms with Gasteiger partial charge < -0.3 is 9.47 Å². The molecule has 6 heterocycles. The van der Waals surface area contributed by atoms with Crippen LogP contribution in [-0.4, -0.2) is 19.9 Å². The van der Waals surface area contributed by atoms with Crippen molar-refractivity contribution in [1.29, 1.82) is 0 Å².